The summed E-state index contributed by atoms with van der Waals surface area (Å²) in [5.41, 5.74) is 3.71. The summed E-state index contributed by atoms with van der Waals surface area (Å²) < 4.78 is 0. The van der Waals surface area contributed by atoms with Crippen molar-refractivity contribution in [3.8, 4) is 11.4 Å². The minimum absolute atomic E-state index is 0.836. The van der Waals surface area contributed by atoms with E-state index in [1.807, 2.05) is 12.4 Å². The fourth-order valence-electron chi connectivity index (χ4n) is 3.28. The zero-order valence-electron chi connectivity index (χ0n) is 14.3. The predicted octanol–water partition coefficient (Wildman–Crippen LogP) is 3.98. The van der Waals surface area contributed by atoms with Crippen LogP contribution in [-0.2, 0) is 12.8 Å². The van der Waals surface area contributed by atoms with Crippen LogP contribution in [0.2, 0.25) is 0 Å². The Morgan fingerprint density at radius 1 is 1.09 bits per heavy atom. The Morgan fingerprint density at radius 2 is 1.83 bits per heavy atom. The van der Waals surface area contributed by atoms with E-state index >= 15 is 0 Å². The molecule has 0 aliphatic carbocycles. The van der Waals surface area contributed by atoms with Gasteiger partial charge in [-0.05, 0) is 75.4 Å². The van der Waals surface area contributed by atoms with Gasteiger partial charge >= 0.3 is 0 Å². The van der Waals surface area contributed by atoms with E-state index < -0.39 is 0 Å². The number of aromatic nitrogens is 2. The SMILES string of the molecule is CCc1cccc(-c2ncc(CCC3CCN(C)CC3)cn2)c1. The first kappa shape index (κ1) is 16.1. The first-order valence-corrected chi connectivity index (χ1v) is 8.83. The second kappa shape index (κ2) is 7.69. The molecule has 2 heterocycles. The van der Waals surface area contributed by atoms with Crippen molar-refractivity contribution in [1.29, 1.82) is 0 Å². The van der Waals surface area contributed by atoms with Gasteiger partial charge in [-0.25, -0.2) is 9.97 Å². The molecule has 0 unspecified atom stereocenters. The molecule has 1 aliphatic rings. The number of benzene rings is 1. The van der Waals surface area contributed by atoms with Crippen LogP contribution in [0.5, 0.6) is 0 Å². The normalized spacial score (nSPS) is 16.6. The highest BCUT2D eigenvalue weighted by Gasteiger charge is 2.16. The number of rotatable bonds is 5. The summed E-state index contributed by atoms with van der Waals surface area (Å²) in [6.45, 7) is 4.66. The molecule has 0 atom stereocenters. The molecular weight excluding hydrogens is 282 g/mol. The van der Waals surface area contributed by atoms with Gasteiger partial charge in [0, 0.05) is 18.0 Å². The molecule has 3 heteroatoms. The van der Waals surface area contributed by atoms with E-state index in [-0.39, 0.29) is 0 Å². The lowest BCUT2D eigenvalue weighted by Crippen LogP contribution is -2.30. The molecule has 3 rings (SSSR count). The maximum Gasteiger partial charge on any atom is 0.159 e. The van der Waals surface area contributed by atoms with Crippen LogP contribution >= 0.6 is 0 Å². The second-order valence-corrected chi connectivity index (χ2v) is 6.75. The van der Waals surface area contributed by atoms with Crippen LogP contribution in [-0.4, -0.2) is 35.0 Å². The average molecular weight is 309 g/mol. The molecule has 23 heavy (non-hydrogen) atoms. The molecular formula is C20H27N3. The maximum absolute atomic E-state index is 4.58. The third-order valence-electron chi connectivity index (χ3n) is 4.98. The highest BCUT2D eigenvalue weighted by atomic mass is 15.1. The molecule has 0 bridgehead atoms. The van der Waals surface area contributed by atoms with E-state index in [4.69, 9.17) is 0 Å². The zero-order chi connectivity index (χ0) is 16.1. The summed E-state index contributed by atoms with van der Waals surface area (Å²) in [6, 6.07) is 8.52. The molecule has 122 valence electrons. The minimum Gasteiger partial charge on any atom is -0.306 e. The molecule has 0 N–H and O–H groups in total. The number of likely N-dealkylation sites (tertiary alicyclic amines) is 1. The average Bonchev–Trinajstić information content (AvgIpc) is 2.62. The van der Waals surface area contributed by atoms with Crippen LogP contribution in [0.3, 0.4) is 0 Å². The van der Waals surface area contributed by atoms with Gasteiger partial charge in [0.15, 0.2) is 5.82 Å². The molecule has 1 fully saturated rings. The zero-order valence-corrected chi connectivity index (χ0v) is 14.3. The monoisotopic (exact) mass is 309 g/mol. The summed E-state index contributed by atoms with van der Waals surface area (Å²) in [5, 5.41) is 0. The highest BCUT2D eigenvalue weighted by molar-refractivity contribution is 5.55. The fourth-order valence-corrected chi connectivity index (χ4v) is 3.28. The summed E-state index contributed by atoms with van der Waals surface area (Å²) in [4.78, 5) is 11.6. The van der Waals surface area contributed by atoms with Gasteiger partial charge in [-0.15, -0.1) is 0 Å². The minimum atomic E-state index is 0.836. The van der Waals surface area contributed by atoms with Gasteiger partial charge in [0.1, 0.15) is 0 Å². The van der Waals surface area contributed by atoms with E-state index in [2.05, 4.69) is 53.1 Å². The van der Waals surface area contributed by atoms with E-state index in [1.165, 1.54) is 43.5 Å². The van der Waals surface area contributed by atoms with Crippen LogP contribution in [0, 0.1) is 5.92 Å². The fraction of sp³-hybridized carbons (Fsp3) is 0.500. The Bertz CT molecular complexity index is 613. The first-order valence-electron chi connectivity index (χ1n) is 8.83. The Morgan fingerprint density at radius 3 is 2.52 bits per heavy atom. The molecule has 0 spiro atoms. The van der Waals surface area contributed by atoms with Gasteiger partial charge in [0.2, 0.25) is 0 Å². The van der Waals surface area contributed by atoms with E-state index in [1.54, 1.807) is 0 Å². The summed E-state index contributed by atoms with van der Waals surface area (Å²) in [5.74, 6) is 1.70. The smallest absolute Gasteiger partial charge is 0.159 e. The van der Waals surface area contributed by atoms with Gasteiger partial charge in [0.25, 0.3) is 0 Å². The van der Waals surface area contributed by atoms with E-state index in [9.17, 15) is 0 Å². The Balaban J connectivity index is 1.58. The van der Waals surface area contributed by atoms with Crippen molar-refractivity contribution in [2.45, 2.75) is 39.0 Å². The predicted molar refractivity (Wildman–Crippen MR) is 95.4 cm³/mol. The van der Waals surface area contributed by atoms with Crippen molar-refractivity contribution in [2.24, 2.45) is 5.92 Å². The quantitative estimate of drug-likeness (QED) is 0.836. The van der Waals surface area contributed by atoms with Crippen LogP contribution in [0.25, 0.3) is 11.4 Å². The Kier molecular flexibility index (Phi) is 5.39. The van der Waals surface area contributed by atoms with Crippen molar-refractivity contribution < 1.29 is 0 Å². The summed E-state index contributed by atoms with van der Waals surface area (Å²) in [7, 11) is 2.22. The summed E-state index contributed by atoms with van der Waals surface area (Å²) >= 11 is 0. The molecule has 2 aromatic rings. The van der Waals surface area contributed by atoms with Crippen LogP contribution < -0.4 is 0 Å². The number of nitrogens with zero attached hydrogens (tertiary/aromatic N) is 3. The number of hydrogen-bond donors (Lipinski definition) is 0. The van der Waals surface area contributed by atoms with E-state index in [0.717, 1.165) is 30.1 Å². The summed E-state index contributed by atoms with van der Waals surface area (Å²) in [6.07, 6.45) is 10.1. The first-order chi connectivity index (χ1) is 11.2. The molecule has 1 aliphatic heterocycles. The lowest BCUT2D eigenvalue weighted by atomic mass is 9.91. The molecule has 3 nitrogen and oxygen atoms in total. The molecule has 1 aromatic carbocycles. The number of hydrogen-bond acceptors (Lipinski definition) is 3. The number of aryl methyl sites for hydroxylation is 2. The second-order valence-electron chi connectivity index (χ2n) is 6.75. The largest absolute Gasteiger partial charge is 0.306 e. The van der Waals surface area contributed by atoms with Gasteiger partial charge in [-0.1, -0.05) is 25.1 Å². The third-order valence-corrected chi connectivity index (χ3v) is 4.98. The van der Waals surface area contributed by atoms with Crippen molar-refractivity contribution in [2.75, 3.05) is 20.1 Å². The van der Waals surface area contributed by atoms with Gasteiger partial charge < -0.3 is 4.90 Å². The maximum atomic E-state index is 4.58. The molecule has 0 radical (unpaired) electrons. The number of piperidine rings is 1. The lowest BCUT2D eigenvalue weighted by Gasteiger charge is -2.28. The van der Waals surface area contributed by atoms with Gasteiger partial charge in [-0.3, -0.25) is 0 Å². The topological polar surface area (TPSA) is 29.0 Å². The van der Waals surface area contributed by atoms with Crippen molar-refractivity contribution >= 4 is 0 Å². The lowest BCUT2D eigenvalue weighted by molar-refractivity contribution is 0.212. The van der Waals surface area contributed by atoms with Crippen molar-refractivity contribution in [3.05, 3.63) is 47.8 Å². The van der Waals surface area contributed by atoms with Gasteiger partial charge in [0.05, 0.1) is 0 Å². The Hall–Kier alpha value is -1.74. The highest BCUT2D eigenvalue weighted by Crippen LogP contribution is 2.22. The van der Waals surface area contributed by atoms with Crippen molar-refractivity contribution in [3.63, 3.8) is 0 Å². The van der Waals surface area contributed by atoms with Crippen LogP contribution in [0.1, 0.15) is 37.3 Å². The Labute approximate surface area is 139 Å². The molecule has 1 aromatic heterocycles. The molecule has 0 saturated carbocycles. The van der Waals surface area contributed by atoms with Crippen LogP contribution in [0.4, 0.5) is 0 Å². The van der Waals surface area contributed by atoms with Crippen molar-refractivity contribution in [1.82, 2.24) is 14.9 Å². The standard InChI is InChI=1S/C20H27N3/c1-3-16-5-4-6-19(13-16)20-21-14-18(15-22-20)8-7-17-9-11-23(2)12-10-17/h4-6,13-15,17H,3,7-12H2,1-2H3. The molecule has 1 saturated heterocycles. The third kappa shape index (κ3) is 4.38. The molecule has 0 amide bonds. The van der Waals surface area contributed by atoms with Crippen LogP contribution in [0.15, 0.2) is 36.7 Å². The van der Waals surface area contributed by atoms with E-state index in [0.29, 0.717) is 0 Å². The van der Waals surface area contributed by atoms with Gasteiger partial charge in [-0.2, -0.15) is 0 Å².